The van der Waals surface area contributed by atoms with E-state index in [0.717, 1.165) is 34.4 Å². The Kier molecular flexibility index (Phi) is 4.43. The first-order valence-electron chi connectivity index (χ1n) is 8.77. The third kappa shape index (κ3) is 3.21. The van der Waals surface area contributed by atoms with Crippen LogP contribution in [-0.2, 0) is 4.79 Å². The molecule has 2 aromatic heterocycles. The van der Waals surface area contributed by atoms with E-state index < -0.39 is 0 Å². The molecule has 8 heteroatoms. The molecule has 0 radical (unpaired) electrons. The summed E-state index contributed by atoms with van der Waals surface area (Å²) in [5.41, 5.74) is 6.96. The first-order chi connectivity index (χ1) is 12.9. The van der Waals surface area contributed by atoms with Gasteiger partial charge in [-0.25, -0.2) is 9.07 Å². The molecule has 1 aliphatic rings. The summed E-state index contributed by atoms with van der Waals surface area (Å²) in [5, 5.41) is 5.42. The van der Waals surface area contributed by atoms with Gasteiger partial charge in [0, 0.05) is 18.5 Å². The van der Waals surface area contributed by atoms with Gasteiger partial charge >= 0.3 is 0 Å². The normalized spacial score (nSPS) is 17.4. The van der Waals surface area contributed by atoms with Crippen molar-refractivity contribution in [3.8, 4) is 5.69 Å². The van der Waals surface area contributed by atoms with Crippen LogP contribution in [0.5, 0.6) is 0 Å². The number of aromatic nitrogens is 2. The standard InChI is InChI=1S/C19H19FN4O2S/c1-11-15-9-16(18(26)23-8-2-3-12(10-23)17(21)25)27-19(15)24(22-11)14-6-4-13(20)5-7-14/h4-7,9,12H,2-3,8,10H2,1H3,(H2,21,25). The van der Waals surface area contributed by atoms with Gasteiger partial charge in [-0.2, -0.15) is 5.10 Å². The molecule has 2 amide bonds. The van der Waals surface area contributed by atoms with E-state index in [-0.39, 0.29) is 23.5 Å². The lowest BCUT2D eigenvalue weighted by Gasteiger charge is -2.30. The van der Waals surface area contributed by atoms with E-state index in [4.69, 9.17) is 5.73 Å². The fourth-order valence-corrected chi connectivity index (χ4v) is 4.61. The molecule has 0 saturated carbocycles. The zero-order valence-corrected chi connectivity index (χ0v) is 15.6. The average molecular weight is 386 g/mol. The van der Waals surface area contributed by atoms with E-state index in [1.54, 1.807) is 21.7 Å². The van der Waals surface area contributed by atoms with Crippen molar-refractivity contribution >= 4 is 33.4 Å². The maximum absolute atomic E-state index is 13.2. The number of fused-ring (bicyclic) bond motifs is 1. The number of benzene rings is 1. The minimum Gasteiger partial charge on any atom is -0.369 e. The SMILES string of the molecule is Cc1nn(-c2ccc(F)cc2)c2sc(C(=O)N3CCCC(C(N)=O)C3)cc12. The first kappa shape index (κ1) is 17.7. The molecular formula is C19H19FN4O2S. The van der Waals surface area contributed by atoms with Crippen molar-refractivity contribution < 1.29 is 14.0 Å². The number of nitrogens with two attached hydrogens (primary N) is 1. The number of aryl methyl sites for hydroxylation is 1. The van der Waals surface area contributed by atoms with Crippen LogP contribution in [0.25, 0.3) is 15.9 Å². The predicted molar refractivity (Wildman–Crippen MR) is 101 cm³/mol. The molecule has 1 aromatic carbocycles. The summed E-state index contributed by atoms with van der Waals surface area (Å²) in [6.45, 7) is 2.87. The Hall–Kier alpha value is -2.74. The summed E-state index contributed by atoms with van der Waals surface area (Å²) < 4.78 is 14.9. The highest BCUT2D eigenvalue weighted by molar-refractivity contribution is 7.20. The van der Waals surface area contributed by atoms with Crippen LogP contribution >= 0.6 is 11.3 Å². The van der Waals surface area contributed by atoms with Gasteiger partial charge in [-0.15, -0.1) is 11.3 Å². The first-order valence-corrected chi connectivity index (χ1v) is 9.59. The molecule has 27 heavy (non-hydrogen) atoms. The largest absolute Gasteiger partial charge is 0.369 e. The van der Waals surface area contributed by atoms with Gasteiger partial charge in [0.2, 0.25) is 5.91 Å². The lowest BCUT2D eigenvalue weighted by Crippen LogP contribution is -2.43. The van der Waals surface area contributed by atoms with Crippen LogP contribution in [0.3, 0.4) is 0 Å². The lowest BCUT2D eigenvalue weighted by atomic mass is 9.97. The highest BCUT2D eigenvalue weighted by atomic mass is 32.1. The molecule has 1 fully saturated rings. The summed E-state index contributed by atoms with van der Waals surface area (Å²) in [6, 6.07) is 7.93. The molecule has 1 unspecified atom stereocenters. The highest BCUT2D eigenvalue weighted by Gasteiger charge is 2.29. The van der Waals surface area contributed by atoms with Gasteiger partial charge < -0.3 is 10.6 Å². The van der Waals surface area contributed by atoms with Gasteiger partial charge in [0.25, 0.3) is 5.91 Å². The molecule has 6 nitrogen and oxygen atoms in total. The van der Waals surface area contributed by atoms with Crippen LogP contribution in [0.1, 0.15) is 28.2 Å². The van der Waals surface area contributed by atoms with Crippen LogP contribution in [-0.4, -0.2) is 39.6 Å². The summed E-state index contributed by atoms with van der Waals surface area (Å²) in [5.74, 6) is -1.04. The molecule has 4 rings (SSSR count). The molecule has 0 spiro atoms. The Labute approximate surface area is 159 Å². The van der Waals surface area contributed by atoms with E-state index in [9.17, 15) is 14.0 Å². The maximum atomic E-state index is 13.2. The molecule has 1 saturated heterocycles. The van der Waals surface area contributed by atoms with Gasteiger partial charge in [0.15, 0.2) is 0 Å². The summed E-state index contributed by atoms with van der Waals surface area (Å²) in [6.07, 6.45) is 1.50. The van der Waals surface area contributed by atoms with Crippen molar-refractivity contribution in [3.05, 3.63) is 46.7 Å². The second-order valence-electron chi connectivity index (χ2n) is 6.80. The molecular weight excluding hydrogens is 367 g/mol. The van der Waals surface area contributed by atoms with Crippen molar-refractivity contribution in [2.24, 2.45) is 11.7 Å². The van der Waals surface area contributed by atoms with E-state index in [2.05, 4.69) is 5.10 Å². The number of halogens is 1. The van der Waals surface area contributed by atoms with E-state index in [0.29, 0.717) is 18.0 Å². The Morgan fingerprint density at radius 2 is 2.04 bits per heavy atom. The minimum absolute atomic E-state index is 0.0905. The van der Waals surface area contributed by atoms with Gasteiger partial charge in [-0.3, -0.25) is 9.59 Å². The van der Waals surface area contributed by atoms with Crippen molar-refractivity contribution in [1.82, 2.24) is 14.7 Å². The fraction of sp³-hybridized carbons (Fsp3) is 0.316. The number of rotatable bonds is 3. The Balaban J connectivity index is 1.67. The lowest BCUT2D eigenvalue weighted by molar-refractivity contribution is -0.123. The quantitative estimate of drug-likeness (QED) is 0.751. The molecule has 3 heterocycles. The Morgan fingerprint density at radius 3 is 2.74 bits per heavy atom. The topological polar surface area (TPSA) is 81.2 Å². The van der Waals surface area contributed by atoms with Gasteiger partial charge in [-0.05, 0) is 50.1 Å². The molecule has 3 aromatic rings. The monoisotopic (exact) mass is 386 g/mol. The number of hydrogen-bond donors (Lipinski definition) is 1. The van der Waals surface area contributed by atoms with E-state index >= 15 is 0 Å². The van der Waals surface area contributed by atoms with Gasteiger partial charge in [-0.1, -0.05) is 0 Å². The number of carbonyl (C=O) groups is 2. The van der Waals surface area contributed by atoms with Crippen LogP contribution in [0.2, 0.25) is 0 Å². The van der Waals surface area contributed by atoms with Crippen LogP contribution in [0.15, 0.2) is 30.3 Å². The summed E-state index contributed by atoms with van der Waals surface area (Å²) >= 11 is 1.35. The molecule has 1 atom stereocenters. The second-order valence-corrected chi connectivity index (χ2v) is 7.83. The molecule has 1 aliphatic heterocycles. The molecule has 2 N–H and O–H groups in total. The molecule has 0 aliphatic carbocycles. The van der Waals surface area contributed by atoms with Crippen molar-refractivity contribution in [3.63, 3.8) is 0 Å². The number of piperidine rings is 1. The van der Waals surface area contributed by atoms with Crippen molar-refractivity contribution in [2.45, 2.75) is 19.8 Å². The smallest absolute Gasteiger partial charge is 0.264 e. The number of likely N-dealkylation sites (tertiary alicyclic amines) is 1. The van der Waals surface area contributed by atoms with E-state index in [1.807, 2.05) is 13.0 Å². The van der Waals surface area contributed by atoms with Crippen LogP contribution < -0.4 is 5.73 Å². The third-order valence-electron chi connectivity index (χ3n) is 4.94. The van der Waals surface area contributed by atoms with Crippen molar-refractivity contribution in [2.75, 3.05) is 13.1 Å². The number of hydrogen-bond acceptors (Lipinski definition) is 4. The van der Waals surface area contributed by atoms with Crippen LogP contribution in [0.4, 0.5) is 4.39 Å². The van der Waals surface area contributed by atoms with Crippen LogP contribution in [0, 0.1) is 18.7 Å². The highest BCUT2D eigenvalue weighted by Crippen LogP contribution is 2.32. The number of primary amides is 1. The summed E-state index contributed by atoms with van der Waals surface area (Å²) in [4.78, 5) is 27.6. The molecule has 140 valence electrons. The van der Waals surface area contributed by atoms with Crippen molar-refractivity contribution in [1.29, 1.82) is 0 Å². The average Bonchev–Trinajstić information content (AvgIpc) is 3.23. The zero-order chi connectivity index (χ0) is 19.1. The zero-order valence-electron chi connectivity index (χ0n) is 14.8. The number of carbonyl (C=O) groups excluding carboxylic acids is 2. The van der Waals surface area contributed by atoms with E-state index in [1.165, 1.54) is 23.5 Å². The van der Waals surface area contributed by atoms with Gasteiger partial charge in [0.05, 0.1) is 22.2 Å². The fourth-order valence-electron chi connectivity index (χ4n) is 3.46. The summed E-state index contributed by atoms with van der Waals surface area (Å²) in [7, 11) is 0. The number of amides is 2. The third-order valence-corrected chi connectivity index (χ3v) is 6.04. The van der Waals surface area contributed by atoms with Gasteiger partial charge in [0.1, 0.15) is 10.6 Å². The second kappa shape index (κ2) is 6.77. The number of nitrogens with zero attached hydrogens (tertiary/aromatic N) is 3. The predicted octanol–water partition coefficient (Wildman–Crippen LogP) is 2.87. The Bertz CT molecular complexity index is 1020. The molecule has 0 bridgehead atoms. The number of thiophene rings is 1. The maximum Gasteiger partial charge on any atom is 0.264 e. The minimum atomic E-state index is -0.355. The Morgan fingerprint density at radius 1 is 1.30 bits per heavy atom.